The highest BCUT2D eigenvalue weighted by Gasteiger charge is 2.04. The van der Waals surface area contributed by atoms with Crippen molar-refractivity contribution in [2.24, 2.45) is 0 Å². The second-order valence-electron chi connectivity index (χ2n) is 6.03. The fourth-order valence-electron chi connectivity index (χ4n) is 2.17. The number of unbranched alkanes of at least 4 members (excludes halogenated alkanes) is 5. The minimum absolute atomic E-state index is 0.0664. The number of carbonyl (C=O) groups is 4. The van der Waals surface area contributed by atoms with Crippen molar-refractivity contribution in [2.45, 2.75) is 65.2 Å². The first-order valence-corrected chi connectivity index (χ1v) is 11.2. The van der Waals surface area contributed by atoms with Crippen LogP contribution in [0.2, 0.25) is 0 Å². The van der Waals surface area contributed by atoms with Crippen LogP contribution in [-0.4, -0.2) is 46.6 Å². The average molecular weight is 405 g/mol. The molecule has 0 radical (unpaired) electrons. The molecule has 0 unspecified atom stereocenters. The highest BCUT2D eigenvalue weighted by atomic mass is 32.2. The van der Waals surface area contributed by atoms with Gasteiger partial charge in [-0.3, -0.25) is 19.2 Å². The molecule has 2 N–H and O–H groups in total. The molecule has 0 rings (SSSR count). The van der Waals surface area contributed by atoms with Gasteiger partial charge in [0.15, 0.2) is 10.2 Å². The molecule has 0 aromatic rings. The van der Waals surface area contributed by atoms with Crippen LogP contribution in [0.1, 0.15) is 65.2 Å². The Balaban J connectivity index is 3.32. The third kappa shape index (κ3) is 19.3. The fourth-order valence-corrected chi connectivity index (χ4v) is 3.61. The molecular formula is C18H32N2O4S2. The van der Waals surface area contributed by atoms with E-state index in [-0.39, 0.29) is 22.0 Å². The zero-order valence-corrected chi connectivity index (χ0v) is 17.6. The summed E-state index contributed by atoms with van der Waals surface area (Å²) in [6, 6.07) is 0. The van der Waals surface area contributed by atoms with E-state index in [1.54, 1.807) is 0 Å². The molecule has 0 aliphatic rings. The van der Waals surface area contributed by atoms with E-state index in [2.05, 4.69) is 10.6 Å². The fraction of sp³-hybridized carbons (Fsp3) is 0.778. The first-order chi connectivity index (χ1) is 12.4. The zero-order valence-electron chi connectivity index (χ0n) is 15.9. The summed E-state index contributed by atoms with van der Waals surface area (Å²) in [6.45, 7) is 4.01. The zero-order chi connectivity index (χ0) is 19.6. The Morgan fingerprint density at radius 2 is 0.962 bits per heavy atom. The van der Waals surface area contributed by atoms with Crippen LogP contribution in [0, 0.1) is 0 Å². The topological polar surface area (TPSA) is 92.3 Å². The quantitative estimate of drug-likeness (QED) is 0.408. The van der Waals surface area contributed by atoms with Gasteiger partial charge in [-0.2, -0.15) is 0 Å². The van der Waals surface area contributed by atoms with Crippen LogP contribution in [0.4, 0.5) is 0 Å². The van der Waals surface area contributed by atoms with Gasteiger partial charge in [0.05, 0.1) is 0 Å². The van der Waals surface area contributed by atoms with Gasteiger partial charge in [-0.05, 0) is 12.8 Å². The molecule has 0 saturated carbocycles. The summed E-state index contributed by atoms with van der Waals surface area (Å²) in [5.41, 5.74) is 0. The summed E-state index contributed by atoms with van der Waals surface area (Å²) in [6.07, 6.45) is 7.26. The number of hydrogen-bond acceptors (Lipinski definition) is 6. The molecule has 8 heteroatoms. The van der Waals surface area contributed by atoms with Gasteiger partial charge in [0, 0.05) is 51.3 Å². The minimum atomic E-state index is -0.0664. The van der Waals surface area contributed by atoms with Crippen LogP contribution in [0.5, 0.6) is 0 Å². The molecule has 6 nitrogen and oxygen atoms in total. The van der Waals surface area contributed by atoms with Crippen molar-refractivity contribution in [3.8, 4) is 0 Å². The van der Waals surface area contributed by atoms with E-state index >= 15 is 0 Å². The summed E-state index contributed by atoms with van der Waals surface area (Å²) in [4.78, 5) is 44.6. The van der Waals surface area contributed by atoms with E-state index < -0.39 is 0 Å². The molecule has 150 valence electrons. The Bertz CT molecular complexity index is 405. The summed E-state index contributed by atoms with van der Waals surface area (Å²) >= 11 is 2.57. The molecule has 0 saturated heterocycles. The van der Waals surface area contributed by atoms with Gasteiger partial charge < -0.3 is 10.6 Å². The lowest BCUT2D eigenvalue weighted by atomic mass is 10.1. The van der Waals surface area contributed by atoms with Crippen LogP contribution < -0.4 is 10.6 Å². The van der Waals surface area contributed by atoms with Crippen LogP contribution in [-0.2, 0) is 19.2 Å². The summed E-state index contributed by atoms with van der Waals surface area (Å²) in [5.74, 6) is 1.14. The molecule has 0 aliphatic heterocycles. The van der Waals surface area contributed by atoms with Crippen molar-refractivity contribution in [3.63, 3.8) is 0 Å². The molecule has 0 bridgehead atoms. The van der Waals surface area contributed by atoms with Crippen molar-refractivity contribution in [1.82, 2.24) is 10.6 Å². The number of amides is 2. The molecule has 2 amide bonds. The van der Waals surface area contributed by atoms with E-state index in [9.17, 15) is 19.2 Å². The third-order valence-electron chi connectivity index (χ3n) is 3.49. The predicted molar refractivity (Wildman–Crippen MR) is 109 cm³/mol. The van der Waals surface area contributed by atoms with E-state index in [0.717, 1.165) is 38.5 Å². The minimum Gasteiger partial charge on any atom is -0.356 e. The first kappa shape index (κ1) is 25.0. The molecule has 0 fully saturated rings. The largest absolute Gasteiger partial charge is 0.356 e. The Labute approximate surface area is 165 Å². The van der Waals surface area contributed by atoms with E-state index in [4.69, 9.17) is 0 Å². The van der Waals surface area contributed by atoms with Crippen LogP contribution in [0.15, 0.2) is 0 Å². The Morgan fingerprint density at radius 1 is 0.615 bits per heavy atom. The molecule has 26 heavy (non-hydrogen) atoms. The number of carbonyl (C=O) groups excluding carboxylic acids is 4. The molecule has 0 aromatic carbocycles. The predicted octanol–water partition coefficient (Wildman–Crippen LogP) is 2.90. The van der Waals surface area contributed by atoms with Gasteiger partial charge in [0.25, 0.3) is 0 Å². The third-order valence-corrected chi connectivity index (χ3v) is 5.36. The summed E-state index contributed by atoms with van der Waals surface area (Å²) in [5, 5.41) is 5.72. The lowest BCUT2D eigenvalue weighted by molar-refractivity contribution is -0.119. The van der Waals surface area contributed by atoms with Gasteiger partial charge in [0.1, 0.15) is 0 Å². The number of rotatable bonds is 15. The van der Waals surface area contributed by atoms with Gasteiger partial charge in [-0.1, -0.05) is 49.2 Å². The Morgan fingerprint density at radius 3 is 1.31 bits per heavy atom. The molecule has 0 heterocycles. The van der Waals surface area contributed by atoms with Gasteiger partial charge in [-0.15, -0.1) is 0 Å². The monoisotopic (exact) mass is 404 g/mol. The maximum absolute atomic E-state index is 11.6. The lowest BCUT2D eigenvalue weighted by Gasteiger charge is -2.04. The maximum Gasteiger partial charge on any atom is 0.216 e. The highest BCUT2D eigenvalue weighted by molar-refractivity contribution is 8.13. The number of thioether (sulfide) groups is 2. The molecular weight excluding hydrogens is 372 g/mol. The van der Waals surface area contributed by atoms with Gasteiger partial charge in [-0.25, -0.2) is 0 Å². The Hall–Kier alpha value is -1.02. The lowest BCUT2D eigenvalue weighted by Crippen LogP contribution is -2.22. The standard InChI is InChI=1S/C18H32N2O4S2/c1-15(21)19-11-13-25-17(23)9-7-5-3-4-6-8-10-18(24)26-14-12-20-16(2)22/h3-14H2,1-2H3,(H,19,21)(H,20,22). The van der Waals surface area contributed by atoms with Gasteiger partial charge in [0.2, 0.25) is 11.8 Å². The summed E-state index contributed by atoms with van der Waals surface area (Å²) < 4.78 is 0. The molecule has 0 aromatic heterocycles. The van der Waals surface area contributed by atoms with E-state index in [1.807, 2.05) is 0 Å². The molecule has 0 spiro atoms. The van der Waals surface area contributed by atoms with E-state index in [0.29, 0.717) is 37.4 Å². The van der Waals surface area contributed by atoms with Crippen molar-refractivity contribution < 1.29 is 19.2 Å². The van der Waals surface area contributed by atoms with Crippen molar-refractivity contribution >= 4 is 45.6 Å². The number of nitrogens with one attached hydrogen (secondary N) is 2. The average Bonchev–Trinajstić information content (AvgIpc) is 2.57. The second kappa shape index (κ2) is 17.4. The molecule has 0 aliphatic carbocycles. The van der Waals surface area contributed by atoms with Crippen LogP contribution in [0.25, 0.3) is 0 Å². The molecule has 0 atom stereocenters. The first-order valence-electron chi connectivity index (χ1n) is 9.22. The van der Waals surface area contributed by atoms with Crippen LogP contribution in [0.3, 0.4) is 0 Å². The van der Waals surface area contributed by atoms with Gasteiger partial charge >= 0.3 is 0 Å². The van der Waals surface area contributed by atoms with Crippen LogP contribution >= 0.6 is 23.5 Å². The SMILES string of the molecule is CC(=O)NCCSC(=O)CCCCCCCCC(=O)SCCNC(C)=O. The number of hydrogen-bond donors (Lipinski definition) is 2. The second-order valence-corrected chi connectivity index (χ2v) is 8.33. The smallest absolute Gasteiger partial charge is 0.216 e. The highest BCUT2D eigenvalue weighted by Crippen LogP contribution is 2.14. The van der Waals surface area contributed by atoms with Crippen molar-refractivity contribution in [2.75, 3.05) is 24.6 Å². The van der Waals surface area contributed by atoms with Crippen molar-refractivity contribution in [3.05, 3.63) is 0 Å². The normalized spacial score (nSPS) is 10.4. The Kier molecular flexibility index (Phi) is 16.7. The van der Waals surface area contributed by atoms with Crippen molar-refractivity contribution in [1.29, 1.82) is 0 Å². The summed E-state index contributed by atoms with van der Waals surface area (Å²) in [7, 11) is 0. The maximum atomic E-state index is 11.6. The van der Waals surface area contributed by atoms with E-state index in [1.165, 1.54) is 37.4 Å².